The largest absolute Gasteiger partial charge is 0.372 e. The summed E-state index contributed by atoms with van der Waals surface area (Å²) in [5.41, 5.74) is 7.97. The normalized spacial score (nSPS) is 18.5. The fraction of sp³-hybridized carbons (Fsp3) is 0.385. The molecule has 0 spiro atoms. The molecule has 2 amide bonds. The molecule has 0 bridgehead atoms. The maximum atomic E-state index is 12.5. The number of carbonyl (C=O) groups excluding carboxylic acids is 1. The second-order valence-electron chi connectivity index (χ2n) is 8.15. The highest BCUT2D eigenvalue weighted by Crippen LogP contribution is 2.46. The SMILES string of the molecule is CCC1C2=CC(NC(=O)NCCS)c3ccccc3C2=Nc2ccc(N(CC)CC)cc21. The van der Waals surface area contributed by atoms with Gasteiger partial charge in [-0.05, 0) is 55.2 Å². The van der Waals surface area contributed by atoms with Crippen LogP contribution in [-0.4, -0.2) is 37.1 Å². The zero-order valence-corrected chi connectivity index (χ0v) is 20.0. The van der Waals surface area contributed by atoms with E-state index in [4.69, 9.17) is 4.99 Å². The molecule has 32 heavy (non-hydrogen) atoms. The summed E-state index contributed by atoms with van der Waals surface area (Å²) in [5, 5.41) is 6.00. The number of hydrogen-bond donors (Lipinski definition) is 3. The van der Waals surface area contributed by atoms with Crippen molar-refractivity contribution in [3.8, 4) is 0 Å². The van der Waals surface area contributed by atoms with E-state index in [0.717, 1.165) is 42.0 Å². The smallest absolute Gasteiger partial charge is 0.315 e. The van der Waals surface area contributed by atoms with E-state index in [2.05, 4.69) is 85.3 Å². The highest BCUT2D eigenvalue weighted by Gasteiger charge is 2.34. The van der Waals surface area contributed by atoms with E-state index in [1.54, 1.807) is 0 Å². The van der Waals surface area contributed by atoms with Crippen molar-refractivity contribution in [2.24, 2.45) is 4.99 Å². The molecule has 2 unspecified atom stereocenters. The van der Waals surface area contributed by atoms with Crippen LogP contribution in [0.15, 0.2) is 59.1 Å². The minimum Gasteiger partial charge on any atom is -0.372 e. The number of allylic oxidation sites excluding steroid dienone is 1. The van der Waals surface area contributed by atoms with Crippen LogP contribution in [0, 0.1) is 0 Å². The van der Waals surface area contributed by atoms with Crippen molar-refractivity contribution in [1.82, 2.24) is 10.6 Å². The van der Waals surface area contributed by atoms with Gasteiger partial charge in [-0.1, -0.05) is 37.3 Å². The maximum Gasteiger partial charge on any atom is 0.315 e. The number of carbonyl (C=O) groups is 1. The average Bonchev–Trinajstić information content (AvgIpc) is 2.82. The predicted molar refractivity (Wildman–Crippen MR) is 137 cm³/mol. The van der Waals surface area contributed by atoms with Crippen molar-refractivity contribution in [2.75, 3.05) is 30.3 Å². The molecule has 1 heterocycles. The van der Waals surface area contributed by atoms with Gasteiger partial charge < -0.3 is 15.5 Å². The summed E-state index contributed by atoms with van der Waals surface area (Å²) in [4.78, 5) is 19.9. The lowest BCUT2D eigenvalue weighted by Crippen LogP contribution is -2.40. The van der Waals surface area contributed by atoms with Gasteiger partial charge in [0, 0.05) is 42.6 Å². The first-order valence-electron chi connectivity index (χ1n) is 11.5. The standard InChI is InChI=1S/C26H32N4OS/c1-4-18-21-15-17(30(5-2)6-3)11-12-23(21)28-25-20-10-8-7-9-19(20)24(16-22(18)25)29-26(31)27-13-14-32/h7-12,15-16,18,24,32H,4-6,13-14H2,1-3H3,(H2,27,29,31). The molecular formula is C26H32N4OS. The number of benzene rings is 2. The Morgan fingerprint density at radius 3 is 2.59 bits per heavy atom. The van der Waals surface area contributed by atoms with Crippen LogP contribution in [-0.2, 0) is 0 Å². The lowest BCUT2D eigenvalue weighted by atomic mass is 9.75. The summed E-state index contributed by atoms with van der Waals surface area (Å²) < 4.78 is 0. The Hall–Kier alpha value is -2.73. The molecule has 0 radical (unpaired) electrons. The van der Waals surface area contributed by atoms with Crippen molar-refractivity contribution in [1.29, 1.82) is 0 Å². The van der Waals surface area contributed by atoms with E-state index in [9.17, 15) is 4.79 Å². The summed E-state index contributed by atoms with van der Waals surface area (Å²) in [7, 11) is 0. The van der Waals surface area contributed by atoms with Gasteiger partial charge in [0.2, 0.25) is 0 Å². The third-order valence-corrected chi connectivity index (χ3v) is 6.61. The molecule has 2 N–H and O–H groups in total. The first-order valence-corrected chi connectivity index (χ1v) is 12.2. The zero-order valence-electron chi connectivity index (χ0n) is 19.1. The number of amides is 2. The fourth-order valence-corrected chi connectivity index (χ4v) is 4.92. The highest BCUT2D eigenvalue weighted by atomic mass is 32.1. The number of aliphatic imine (C=N–C) groups is 1. The topological polar surface area (TPSA) is 56.7 Å². The molecule has 0 saturated carbocycles. The van der Waals surface area contributed by atoms with Gasteiger partial charge in [0.25, 0.3) is 0 Å². The summed E-state index contributed by atoms with van der Waals surface area (Å²) >= 11 is 4.18. The maximum absolute atomic E-state index is 12.5. The first kappa shape index (κ1) is 22.5. The van der Waals surface area contributed by atoms with Crippen molar-refractivity contribution >= 4 is 35.7 Å². The van der Waals surface area contributed by atoms with Gasteiger partial charge in [0.1, 0.15) is 0 Å². The Kier molecular flexibility index (Phi) is 6.89. The van der Waals surface area contributed by atoms with Crippen LogP contribution in [0.2, 0.25) is 0 Å². The molecule has 1 aliphatic carbocycles. The van der Waals surface area contributed by atoms with Crippen LogP contribution < -0.4 is 15.5 Å². The molecule has 2 atom stereocenters. The molecule has 2 aliphatic rings. The van der Waals surface area contributed by atoms with Crippen LogP contribution in [0.4, 0.5) is 16.2 Å². The van der Waals surface area contributed by atoms with Crippen LogP contribution in [0.1, 0.15) is 55.8 Å². The van der Waals surface area contributed by atoms with Crippen molar-refractivity contribution in [3.63, 3.8) is 0 Å². The zero-order chi connectivity index (χ0) is 22.7. The summed E-state index contributed by atoms with van der Waals surface area (Å²) in [6, 6.07) is 14.5. The number of thiol groups is 1. The summed E-state index contributed by atoms with van der Waals surface area (Å²) in [6.45, 7) is 9.09. The number of hydrogen-bond acceptors (Lipinski definition) is 4. The molecular weight excluding hydrogens is 416 g/mol. The van der Waals surface area contributed by atoms with Gasteiger partial charge in [-0.3, -0.25) is 0 Å². The summed E-state index contributed by atoms with van der Waals surface area (Å²) in [6.07, 6.45) is 3.17. The monoisotopic (exact) mass is 448 g/mol. The molecule has 5 nitrogen and oxygen atoms in total. The number of urea groups is 1. The lowest BCUT2D eigenvalue weighted by Gasteiger charge is -2.34. The lowest BCUT2D eigenvalue weighted by molar-refractivity contribution is 0.239. The molecule has 1 aliphatic heterocycles. The molecule has 2 aromatic rings. The fourth-order valence-electron chi connectivity index (χ4n) is 4.81. The Bertz CT molecular complexity index is 1060. The quantitative estimate of drug-likeness (QED) is 0.499. The number of rotatable bonds is 7. The van der Waals surface area contributed by atoms with Gasteiger partial charge in [0.05, 0.1) is 17.4 Å². The number of nitrogens with one attached hydrogen (secondary N) is 2. The van der Waals surface area contributed by atoms with E-state index in [1.807, 2.05) is 12.1 Å². The molecule has 0 aromatic heterocycles. The molecule has 0 saturated heterocycles. The molecule has 4 rings (SSSR count). The molecule has 6 heteroatoms. The molecule has 168 valence electrons. The van der Waals surface area contributed by atoms with Crippen LogP contribution in [0.5, 0.6) is 0 Å². The Morgan fingerprint density at radius 2 is 1.88 bits per heavy atom. The predicted octanol–water partition coefficient (Wildman–Crippen LogP) is 5.37. The Balaban J connectivity index is 1.79. The molecule has 0 fully saturated rings. The second kappa shape index (κ2) is 9.82. The average molecular weight is 449 g/mol. The van der Waals surface area contributed by atoms with E-state index >= 15 is 0 Å². The van der Waals surface area contributed by atoms with Gasteiger partial charge >= 0.3 is 6.03 Å². The minimum absolute atomic E-state index is 0.177. The Labute approximate surface area is 196 Å². The van der Waals surface area contributed by atoms with Crippen LogP contribution >= 0.6 is 12.6 Å². The van der Waals surface area contributed by atoms with Gasteiger partial charge in [-0.2, -0.15) is 12.6 Å². The Morgan fingerprint density at radius 1 is 1.09 bits per heavy atom. The minimum atomic E-state index is -0.193. The van der Waals surface area contributed by atoms with E-state index in [0.29, 0.717) is 12.3 Å². The van der Waals surface area contributed by atoms with E-state index in [1.165, 1.54) is 16.8 Å². The first-order chi connectivity index (χ1) is 15.6. The highest BCUT2D eigenvalue weighted by molar-refractivity contribution is 7.80. The van der Waals surface area contributed by atoms with E-state index in [-0.39, 0.29) is 18.0 Å². The van der Waals surface area contributed by atoms with Crippen molar-refractivity contribution in [2.45, 2.75) is 39.2 Å². The number of fused-ring (bicyclic) bond motifs is 4. The van der Waals surface area contributed by atoms with Gasteiger partial charge in [-0.25, -0.2) is 9.79 Å². The molecule has 2 aromatic carbocycles. The summed E-state index contributed by atoms with van der Waals surface area (Å²) in [5.74, 6) is 0.849. The third kappa shape index (κ3) is 4.16. The number of anilines is 1. The third-order valence-electron chi connectivity index (χ3n) is 6.39. The van der Waals surface area contributed by atoms with Crippen molar-refractivity contribution < 1.29 is 4.79 Å². The van der Waals surface area contributed by atoms with Gasteiger partial charge in [-0.15, -0.1) is 0 Å². The second-order valence-corrected chi connectivity index (χ2v) is 8.59. The van der Waals surface area contributed by atoms with Crippen molar-refractivity contribution in [3.05, 3.63) is 70.8 Å². The van der Waals surface area contributed by atoms with Gasteiger partial charge in [0.15, 0.2) is 0 Å². The van der Waals surface area contributed by atoms with Crippen LogP contribution in [0.25, 0.3) is 0 Å². The number of nitrogens with zero attached hydrogens (tertiary/aromatic N) is 2. The van der Waals surface area contributed by atoms with E-state index < -0.39 is 0 Å². The van der Waals surface area contributed by atoms with Crippen LogP contribution in [0.3, 0.4) is 0 Å².